The van der Waals surface area contributed by atoms with Crippen LogP contribution in [0.3, 0.4) is 0 Å². The topological polar surface area (TPSA) is 0 Å². The first-order valence-electron chi connectivity index (χ1n) is 13.6. The Bertz CT molecular complexity index is 339. The van der Waals surface area contributed by atoms with Gasteiger partial charge in [0.2, 0.25) is 0 Å². The first-order valence-corrected chi connectivity index (χ1v) is 16.1. The maximum absolute atomic E-state index is 2.60. The van der Waals surface area contributed by atoms with E-state index in [2.05, 4.69) is 20.8 Å². The van der Waals surface area contributed by atoms with Crippen LogP contribution in [0.25, 0.3) is 0 Å². The van der Waals surface area contributed by atoms with Crippen molar-refractivity contribution in [2.45, 2.75) is 133 Å². The Balaban J connectivity index is 1.43. The van der Waals surface area contributed by atoms with Crippen LogP contribution in [0.1, 0.15) is 117 Å². The molecule has 1 heteroatoms. The lowest BCUT2D eigenvalue weighted by Crippen LogP contribution is -2.20. The summed E-state index contributed by atoms with van der Waals surface area (Å²) in [5.41, 5.74) is 0. The van der Waals surface area contributed by atoms with Crippen molar-refractivity contribution >= 4 is 14.1 Å². The lowest BCUT2D eigenvalue weighted by Gasteiger charge is -2.25. The summed E-state index contributed by atoms with van der Waals surface area (Å²) in [6.07, 6.45) is 23.1. The molecule has 0 heterocycles. The Kier molecular flexibility index (Phi) is 10.3. The highest BCUT2D eigenvalue weighted by atomic mass is 27.2. The van der Waals surface area contributed by atoms with E-state index in [1.165, 1.54) is 38.5 Å². The van der Waals surface area contributed by atoms with Crippen molar-refractivity contribution in [1.29, 1.82) is 0 Å². The molecule has 0 aromatic heterocycles. The minimum Gasteiger partial charge on any atom is -0.0936 e. The summed E-state index contributed by atoms with van der Waals surface area (Å²) in [4.78, 5) is 0. The Hall–Kier alpha value is 0.532. The second-order valence-corrected chi connectivity index (χ2v) is 15.1. The van der Waals surface area contributed by atoms with E-state index in [0.717, 1.165) is 35.5 Å². The van der Waals surface area contributed by atoms with Gasteiger partial charge in [0.1, 0.15) is 0 Å². The second kappa shape index (κ2) is 12.4. The van der Waals surface area contributed by atoms with Crippen LogP contribution in [-0.4, -0.2) is 14.1 Å². The molecule has 3 aliphatic rings. The van der Waals surface area contributed by atoms with Gasteiger partial charge in [0.05, 0.1) is 0 Å². The van der Waals surface area contributed by atoms with E-state index >= 15 is 0 Å². The van der Waals surface area contributed by atoms with Crippen LogP contribution in [-0.2, 0) is 0 Å². The Morgan fingerprint density at radius 2 is 0.750 bits per heavy atom. The highest BCUT2D eigenvalue weighted by Crippen LogP contribution is 2.38. The predicted molar refractivity (Wildman–Crippen MR) is 127 cm³/mol. The second-order valence-electron chi connectivity index (χ2n) is 11.7. The van der Waals surface area contributed by atoms with Gasteiger partial charge in [-0.3, -0.25) is 0 Å². The molecule has 0 N–H and O–H groups in total. The summed E-state index contributed by atoms with van der Waals surface area (Å²) in [6.45, 7) is 7.80. The molecule has 28 heavy (non-hydrogen) atoms. The van der Waals surface area contributed by atoms with E-state index in [0.29, 0.717) is 0 Å². The van der Waals surface area contributed by atoms with Gasteiger partial charge in [-0.15, -0.1) is 0 Å². The van der Waals surface area contributed by atoms with Crippen molar-refractivity contribution in [1.82, 2.24) is 0 Å². The van der Waals surface area contributed by atoms with Gasteiger partial charge in [-0.2, -0.15) is 0 Å². The van der Waals surface area contributed by atoms with Crippen LogP contribution in [0.4, 0.5) is 0 Å². The molecular weight excluding hydrogens is 351 g/mol. The fourth-order valence-electron chi connectivity index (χ4n) is 7.22. The molecule has 3 saturated carbocycles. The number of rotatable bonds is 12. The van der Waals surface area contributed by atoms with Gasteiger partial charge in [-0.1, -0.05) is 133 Å². The first kappa shape index (κ1) is 23.2. The van der Waals surface area contributed by atoms with E-state index in [1.54, 1.807) is 73.6 Å². The molecule has 0 bridgehead atoms. The van der Waals surface area contributed by atoms with E-state index in [-0.39, 0.29) is 0 Å². The summed E-state index contributed by atoms with van der Waals surface area (Å²) in [7, 11) is 0. The molecule has 3 fully saturated rings. The third-order valence-electron chi connectivity index (χ3n) is 9.70. The monoisotopic (exact) mass is 402 g/mol. The molecule has 0 nitrogen and oxygen atoms in total. The summed E-state index contributed by atoms with van der Waals surface area (Å²) >= 11 is -0.531. The summed E-state index contributed by atoms with van der Waals surface area (Å²) < 4.78 is 0. The van der Waals surface area contributed by atoms with Crippen LogP contribution in [0, 0.1) is 35.5 Å². The average Bonchev–Trinajstić information content (AvgIpc) is 3.48. The minimum atomic E-state index is -0.531. The first-order chi connectivity index (χ1) is 13.6. The molecule has 0 radical (unpaired) electrons. The number of hydrogen-bond acceptors (Lipinski definition) is 0. The quantitative estimate of drug-likeness (QED) is 0.285. The molecular formula is C27H51Al. The molecule has 0 aromatic carbocycles. The van der Waals surface area contributed by atoms with Crippen molar-refractivity contribution in [2.75, 3.05) is 0 Å². The molecule has 3 aliphatic carbocycles. The lowest BCUT2D eigenvalue weighted by molar-refractivity contribution is 0.347. The standard InChI is InChI=1S/3C9H17.Al/c3*1-3-8(2)9-6-4-5-7-9;/h3*8-9H,1,3-7H2,2H3;. The van der Waals surface area contributed by atoms with Gasteiger partial charge >= 0.3 is 0 Å². The molecule has 162 valence electrons. The molecule has 3 atom stereocenters. The zero-order valence-corrected chi connectivity index (χ0v) is 20.9. The van der Waals surface area contributed by atoms with Gasteiger partial charge in [0, 0.05) is 0 Å². The van der Waals surface area contributed by atoms with Crippen LogP contribution >= 0.6 is 0 Å². The third kappa shape index (κ3) is 7.34. The van der Waals surface area contributed by atoms with E-state index in [1.807, 2.05) is 0 Å². The van der Waals surface area contributed by atoms with Gasteiger partial charge in [0.25, 0.3) is 14.1 Å². The molecule has 0 aromatic rings. The van der Waals surface area contributed by atoms with Crippen molar-refractivity contribution in [3.63, 3.8) is 0 Å². The molecule has 0 spiro atoms. The maximum Gasteiger partial charge on any atom is 0.261 e. The van der Waals surface area contributed by atoms with E-state index in [4.69, 9.17) is 0 Å². The Morgan fingerprint density at radius 1 is 0.500 bits per heavy atom. The predicted octanol–water partition coefficient (Wildman–Crippen LogP) is 9.13. The maximum atomic E-state index is 2.60. The van der Waals surface area contributed by atoms with E-state index < -0.39 is 14.1 Å². The van der Waals surface area contributed by atoms with Gasteiger partial charge in [-0.25, -0.2) is 0 Å². The fourth-order valence-corrected chi connectivity index (χ4v) is 11.1. The Morgan fingerprint density at radius 3 is 1.00 bits per heavy atom. The van der Waals surface area contributed by atoms with Crippen molar-refractivity contribution < 1.29 is 0 Å². The molecule has 0 saturated heterocycles. The summed E-state index contributed by atoms with van der Waals surface area (Å²) in [5, 5.41) is 5.02. The molecule has 0 amide bonds. The van der Waals surface area contributed by atoms with Crippen LogP contribution in [0.2, 0.25) is 15.8 Å². The van der Waals surface area contributed by atoms with Crippen LogP contribution in [0.15, 0.2) is 0 Å². The van der Waals surface area contributed by atoms with Gasteiger partial charge < -0.3 is 0 Å². The average molecular weight is 403 g/mol. The third-order valence-corrected chi connectivity index (χ3v) is 13.2. The summed E-state index contributed by atoms with van der Waals surface area (Å²) in [6, 6.07) is 0. The molecule has 3 unspecified atom stereocenters. The van der Waals surface area contributed by atoms with E-state index in [9.17, 15) is 0 Å². The van der Waals surface area contributed by atoms with Crippen molar-refractivity contribution in [2.24, 2.45) is 35.5 Å². The fraction of sp³-hybridized carbons (Fsp3) is 1.00. The summed E-state index contributed by atoms with van der Waals surface area (Å²) in [5.74, 6) is 6.34. The van der Waals surface area contributed by atoms with Crippen LogP contribution < -0.4 is 0 Å². The molecule has 3 rings (SSSR count). The lowest BCUT2D eigenvalue weighted by atomic mass is 9.90. The smallest absolute Gasteiger partial charge is 0.0936 e. The van der Waals surface area contributed by atoms with Crippen molar-refractivity contribution in [3.8, 4) is 0 Å². The minimum absolute atomic E-state index is 0.531. The highest BCUT2D eigenvalue weighted by molar-refractivity contribution is 6.58. The van der Waals surface area contributed by atoms with Crippen molar-refractivity contribution in [3.05, 3.63) is 0 Å². The SMILES string of the molecule is CC(C[CH2][Al]([CH2]CC(C)C1CCCC1)[CH2]CC(C)C1CCCC1)C1CCCC1. The highest BCUT2D eigenvalue weighted by Gasteiger charge is 2.28. The number of hydrogen-bond donors (Lipinski definition) is 0. The van der Waals surface area contributed by atoms with Gasteiger partial charge in [0.15, 0.2) is 0 Å². The largest absolute Gasteiger partial charge is 0.261 e. The normalized spacial score (nSPS) is 25.4. The van der Waals surface area contributed by atoms with Crippen LogP contribution in [0.5, 0.6) is 0 Å². The Labute approximate surface area is 182 Å². The van der Waals surface area contributed by atoms with Gasteiger partial charge in [-0.05, 0) is 35.5 Å². The zero-order chi connectivity index (χ0) is 19.8. The molecule has 0 aliphatic heterocycles. The zero-order valence-electron chi connectivity index (χ0n) is 19.8.